The molecule has 18 heavy (non-hydrogen) atoms. The summed E-state index contributed by atoms with van der Waals surface area (Å²) < 4.78 is 11.3. The van der Waals surface area contributed by atoms with E-state index in [1.165, 1.54) is 5.56 Å². The van der Waals surface area contributed by atoms with E-state index in [0.717, 1.165) is 31.2 Å². The molecule has 0 atom stereocenters. The first kappa shape index (κ1) is 15.3. The highest BCUT2D eigenvalue weighted by atomic mass is 16.5. The Bertz CT molecular complexity index is 342. The molecule has 0 bridgehead atoms. The largest absolute Gasteiger partial charge is 0.464 e. The van der Waals surface area contributed by atoms with Gasteiger partial charge in [-0.1, -0.05) is 27.7 Å². The van der Waals surface area contributed by atoms with E-state index in [9.17, 15) is 0 Å². The molecule has 1 rings (SSSR count). The van der Waals surface area contributed by atoms with Gasteiger partial charge in [0.1, 0.15) is 18.1 Å². The summed E-state index contributed by atoms with van der Waals surface area (Å²) >= 11 is 0. The Labute approximate surface area is 111 Å². The Morgan fingerprint density at radius 3 is 2.56 bits per heavy atom. The highest BCUT2D eigenvalue weighted by Gasteiger charge is 2.07. The molecule has 0 amide bonds. The van der Waals surface area contributed by atoms with E-state index >= 15 is 0 Å². The summed E-state index contributed by atoms with van der Waals surface area (Å²) in [4.78, 5) is 0. The lowest BCUT2D eigenvalue weighted by Crippen LogP contribution is -2.18. The van der Waals surface area contributed by atoms with Crippen LogP contribution in [0.3, 0.4) is 0 Å². The Hall–Kier alpha value is -0.800. The average molecular weight is 253 g/mol. The van der Waals surface area contributed by atoms with Crippen LogP contribution in [0.5, 0.6) is 0 Å². The highest BCUT2D eigenvalue weighted by molar-refractivity contribution is 5.20. The van der Waals surface area contributed by atoms with Crippen molar-refractivity contribution in [2.24, 2.45) is 11.8 Å². The molecule has 0 unspecified atom stereocenters. The van der Waals surface area contributed by atoms with Crippen LogP contribution in [0.4, 0.5) is 0 Å². The summed E-state index contributed by atoms with van der Waals surface area (Å²) in [6.07, 6.45) is 0. The quantitative estimate of drug-likeness (QED) is 0.770. The zero-order valence-electron chi connectivity index (χ0n) is 12.4. The third-order valence-corrected chi connectivity index (χ3v) is 2.64. The van der Waals surface area contributed by atoms with Crippen LogP contribution in [0.15, 0.2) is 10.5 Å². The molecule has 104 valence electrons. The Balaban J connectivity index is 2.38. The number of nitrogens with one attached hydrogen (secondary N) is 1. The van der Waals surface area contributed by atoms with Gasteiger partial charge < -0.3 is 14.5 Å². The molecular formula is C15H27NO2. The Kier molecular flexibility index (Phi) is 6.44. The molecule has 0 aliphatic carbocycles. The van der Waals surface area contributed by atoms with E-state index in [1.54, 1.807) is 0 Å². The van der Waals surface area contributed by atoms with Crippen LogP contribution >= 0.6 is 0 Å². The van der Waals surface area contributed by atoms with Crippen molar-refractivity contribution in [2.75, 3.05) is 13.2 Å². The van der Waals surface area contributed by atoms with Gasteiger partial charge in [-0.05, 0) is 31.4 Å². The number of rotatable bonds is 8. The fourth-order valence-corrected chi connectivity index (χ4v) is 1.72. The van der Waals surface area contributed by atoms with Crippen LogP contribution in [0.2, 0.25) is 0 Å². The molecule has 1 aromatic rings. The van der Waals surface area contributed by atoms with Crippen molar-refractivity contribution in [1.82, 2.24) is 5.32 Å². The second-order valence-corrected chi connectivity index (χ2v) is 5.73. The molecule has 0 radical (unpaired) electrons. The molecule has 1 heterocycles. The predicted molar refractivity (Wildman–Crippen MR) is 74.5 cm³/mol. The molecule has 0 aliphatic rings. The van der Waals surface area contributed by atoms with Crippen molar-refractivity contribution in [3.05, 3.63) is 23.2 Å². The average Bonchev–Trinajstić information content (AvgIpc) is 2.58. The first-order valence-corrected chi connectivity index (χ1v) is 6.85. The van der Waals surface area contributed by atoms with E-state index < -0.39 is 0 Å². The minimum atomic E-state index is 0.563. The maximum Gasteiger partial charge on any atom is 0.130 e. The van der Waals surface area contributed by atoms with Crippen LogP contribution < -0.4 is 5.32 Å². The predicted octanol–water partition coefficient (Wildman–Crippen LogP) is 3.51. The number of hydrogen-bond donors (Lipinski definition) is 1. The van der Waals surface area contributed by atoms with Crippen molar-refractivity contribution in [2.45, 2.75) is 47.8 Å². The van der Waals surface area contributed by atoms with Crippen molar-refractivity contribution < 1.29 is 9.15 Å². The van der Waals surface area contributed by atoms with Gasteiger partial charge in [0.15, 0.2) is 0 Å². The molecule has 1 N–H and O–H groups in total. The first-order chi connectivity index (χ1) is 8.49. The smallest absolute Gasteiger partial charge is 0.130 e. The molecule has 0 aliphatic heterocycles. The SMILES string of the molecule is Cc1oc(COCC(C)C)cc1CNCC(C)C. The van der Waals surface area contributed by atoms with Crippen molar-refractivity contribution in [3.63, 3.8) is 0 Å². The monoisotopic (exact) mass is 253 g/mol. The Morgan fingerprint density at radius 1 is 1.22 bits per heavy atom. The number of furan rings is 1. The van der Waals surface area contributed by atoms with Crippen molar-refractivity contribution in [1.29, 1.82) is 0 Å². The van der Waals surface area contributed by atoms with E-state index in [4.69, 9.17) is 9.15 Å². The molecular weight excluding hydrogens is 226 g/mol. The van der Waals surface area contributed by atoms with Crippen LogP contribution in [0.25, 0.3) is 0 Å². The summed E-state index contributed by atoms with van der Waals surface area (Å²) in [7, 11) is 0. The molecule has 0 spiro atoms. The molecule has 0 aromatic carbocycles. The first-order valence-electron chi connectivity index (χ1n) is 6.85. The van der Waals surface area contributed by atoms with Crippen LogP contribution in [0.1, 0.15) is 44.8 Å². The van der Waals surface area contributed by atoms with Gasteiger partial charge in [0.2, 0.25) is 0 Å². The molecule has 3 heteroatoms. The molecule has 3 nitrogen and oxygen atoms in total. The number of ether oxygens (including phenoxy) is 1. The van der Waals surface area contributed by atoms with Gasteiger partial charge >= 0.3 is 0 Å². The lowest BCUT2D eigenvalue weighted by Gasteiger charge is -2.05. The second kappa shape index (κ2) is 7.59. The zero-order chi connectivity index (χ0) is 13.5. The maximum atomic E-state index is 5.69. The summed E-state index contributed by atoms with van der Waals surface area (Å²) in [5.41, 5.74) is 1.23. The second-order valence-electron chi connectivity index (χ2n) is 5.73. The summed E-state index contributed by atoms with van der Waals surface area (Å²) in [5.74, 6) is 3.16. The fraction of sp³-hybridized carbons (Fsp3) is 0.733. The maximum absolute atomic E-state index is 5.69. The van der Waals surface area contributed by atoms with E-state index in [0.29, 0.717) is 18.4 Å². The van der Waals surface area contributed by atoms with Gasteiger partial charge in [0.25, 0.3) is 0 Å². The molecule has 0 fully saturated rings. The van der Waals surface area contributed by atoms with Gasteiger partial charge in [-0.2, -0.15) is 0 Å². The Morgan fingerprint density at radius 2 is 1.94 bits per heavy atom. The van der Waals surface area contributed by atoms with Gasteiger partial charge in [-0.25, -0.2) is 0 Å². The molecule has 1 aromatic heterocycles. The van der Waals surface area contributed by atoms with Gasteiger partial charge in [0, 0.05) is 18.7 Å². The van der Waals surface area contributed by atoms with E-state index in [-0.39, 0.29) is 0 Å². The van der Waals surface area contributed by atoms with Crippen molar-refractivity contribution >= 4 is 0 Å². The standard InChI is InChI=1S/C15H27NO2/c1-11(2)7-16-8-14-6-15(18-13(14)5)10-17-9-12(3)4/h6,11-12,16H,7-10H2,1-5H3. The highest BCUT2D eigenvalue weighted by Crippen LogP contribution is 2.15. The minimum absolute atomic E-state index is 0.563. The van der Waals surface area contributed by atoms with Gasteiger partial charge in [-0.15, -0.1) is 0 Å². The molecule has 0 saturated carbocycles. The topological polar surface area (TPSA) is 34.4 Å². The van der Waals surface area contributed by atoms with Crippen molar-refractivity contribution in [3.8, 4) is 0 Å². The van der Waals surface area contributed by atoms with Gasteiger partial charge in [-0.3, -0.25) is 0 Å². The summed E-state index contributed by atoms with van der Waals surface area (Å²) in [6.45, 7) is 14.0. The normalized spacial score (nSPS) is 11.7. The van der Waals surface area contributed by atoms with E-state index in [2.05, 4.69) is 39.1 Å². The number of aryl methyl sites for hydroxylation is 1. The lowest BCUT2D eigenvalue weighted by atomic mass is 10.2. The third kappa shape index (κ3) is 5.69. The third-order valence-electron chi connectivity index (χ3n) is 2.64. The van der Waals surface area contributed by atoms with E-state index in [1.807, 2.05) is 6.92 Å². The lowest BCUT2D eigenvalue weighted by molar-refractivity contribution is 0.0841. The summed E-state index contributed by atoms with van der Waals surface area (Å²) in [6, 6.07) is 2.10. The van der Waals surface area contributed by atoms with Crippen LogP contribution in [-0.2, 0) is 17.9 Å². The zero-order valence-corrected chi connectivity index (χ0v) is 12.4. The molecule has 0 saturated heterocycles. The van der Waals surface area contributed by atoms with Crippen LogP contribution in [-0.4, -0.2) is 13.2 Å². The number of hydrogen-bond acceptors (Lipinski definition) is 3. The minimum Gasteiger partial charge on any atom is -0.464 e. The van der Waals surface area contributed by atoms with Crippen LogP contribution in [0, 0.1) is 18.8 Å². The fourth-order valence-electron chi connectivity index (χ4n) is 1.72. The summed E-state index contributed by atoms with van der Waals surface area (Å²) in [5, 5.41) is 3.43. The van der Waals surface area contributed by atoms with Gasteiger partial charge in [0.05, 0.1) is 0 Å².